The molecule has 246 valence electrons. The number of aromatic nitrogens is 3. The quantitative estimate of drug-likeness (QED) is 0.157. The number of likely N-dealkylation sites (N-methyl/N-ethyl adjacent to an activating group) is 1. The molecule has 11 heteroatoms. The molecule has 2 aliphatic heterocycles. The van der Waals surface area contributed by atoms with Crippen molar-refractivity contribution in [2.24, 2.45) is 0 Å². The number of amides is 1. The minimum Gasteiger partial charge on any atom is -0.444 e. The van der Waals surface area contributed by atoms with E-state index in [0.717, 1.165) is 66.3 Å². The Hall–Kier alpha value is -4.71. The highest BCUT2D eigenvalue weighted by Gasteiger charge is 2.32. The predicted molar refractivity (Wildman–Crippen MR) is 192 cm³/mol. The Labute approximate surface area is 284 Å². The van der Waals surface area contributed by atoms with E-state index in [1.165, 1.54) is 17.3 Å². The Morgan fingerprint density at radius 2 is 1.65 bits per heavy atom. The highest BCUT2D eigenvalue weighted by molar-refractivity contribution is 7.98. The first-order chi connectivity index (χ1) is 23.4. The summed E-state index contributed by atoms with van der Waals surface area (Å²) >= 11 is 1.44. The molecule has 48 heavy (non-hydrogen) atoms. The fourth-order valence-electron chi connectivity index (χ4n) is 6.49. The standard InChI is InChI=1S/C37H39N7O3S/c1-26-8-7-11-31-33(26)43(37(46)47-25-28-9-5-4-6-10-28)21-20-42(31)32-22-29-23-38-36(48-3)39-34(29)44(35(32)45)30-14-12-27(13-15-30)24-41-18-16-40(2)17-19-41/h4-15,22-23H,16-21,24-25H2,1-3H3. The Balaban J connectivity index is 1.25. The summed E-state index contributed by atoms with van der Waals surface area (Å²) < 4.78 is 7.44. The molecule has 2 aromatic heterocycles. The summed E-state index contributed by atoms with van der Waals surface area (Å²) in [5.74, 6) is 0. The molecule has 2 aliphatic rings. The van der Waals surface area contributed by atoms with E-state index >= 15 is 0 Å². The topological polar surface area (TPSA) is 87.0 Å². The molecule has 0 spiro atoms. The Bertz CT molecular complexity index is 1990. The summed E-state index contributed by atoms with van der Waals surface area (Å²) in [6.45, 7) is 8.00. The molecule has 4 heterocycles. The second kappa shape index (κ2) is 13.8. The van der Waals surface area contributed by atoms with Crippen LogP contribution in [0.2, 0.25) is 0 Å². The monoisotopic (exact) mass is 661 g/mol. The van der Waals surface area contributed by atoms with Gasteiger partial charge in [-0.25, -0.2) is 14.8 Å². The number of rotatable bonds is 7. The lowest BCUT2D eigenvalue weighted by molar-refractivity contribution is 0.147. The Morgan fingerprint density at radius 1 is 0.875 bits per heavy atom. The molecule has 0 N–H and O–H groups in total. The maximum atomic E-state index is 14.6. The van der Waals surface area contributed by atoms with Gasteiger partial charge in [0.15, 0.2) is 10.8 Å². The smallest absolute Gasteiger partial charge is 0.414 e. The average molecular weight is 662 g/mol. The molecule has 1 fully saturated rings. The molecule has 7 rings (SSSR count). The number of aryl methyl sites for hydroxylation is 1. The molecule has 0 unspecified atom stereocenters. The van der Waals surface area contributed by atoms with Gasteiger partial charge in [0.1, 0.15) is 12.3 Å². The molecule has 0 radical (unpaired) electrons. The Morgan fingerprint density at radius 3 is 2.40 bits per heavy atom. The number of ether oxygens (including phenoxy) is 1. The molecule has 0 saturated carbocycles. The van der Waals surface area contributed by atoms with Crippen molar-refractivity contribution in [3.63, 3.8) is 0 Å². The van der Waals surface area contributed by atoms with Crippen molar-refractivity contribution in [3.05, 3.63) is 112 Å². The van der Waals surface area contributed by atoms with Crippen LogP contribution in [0.25, 0.3) is 16.7 Å². The van der Waals surface area contributed by atoms with Crippen molar-refractivity contribution in [3.8, 4) is 5.69 Å². The maximum Gasteiger partial charge on any atom is 0.414 e. The van der Waals surface area contributed by atoms with Crippen LogP contribution in [-0.4, -0.2) is 83.0 Å². The number of benzene rings is 3. The highest BCUT2D eigenvalue weighted by atomic mass is 32.2. The third-order valence-corrected chi connectivity index (χ3v) is 9.68. The number of nitrogens with zero attached hydrogens (tertiary/aromatic N) is 7. The van der Waals surface area contributed by atoms with Crippen LogP contribution in [0, 0.1) is 6.92 Å². The van der Waals surface area contributed by atoms with Gasteiger partial charge < -0.3 is 14.5 Å². The van der Waals surface area contributed by atoms with Crippen LogP contribution in [0.15, 0.2) is 95.0 Å². The molecule has 0 atom stereocenters. The lowest BCUT2D eigenvalue weighted by atomic mass is 10.1. The summed E-state index contributed by atoms with van der Waals surface area (Å²) in [5, 5.41) is 1.35. The lowest BCUT2D eigenvalue weighted by Gasteiger charge is -2.38. The van der Waals surface area contributed by atoms with Gasteiger partial charge in [-0.05, 0) is 61.2 Å². The molecule has 1 saturated heterocycles. The number of pyridine rings is 1. The molecule has 3 aromatic carbocycles. The van der Waals surface area contributed by atoms with E-state index in [2.05, 4.69) is 34.0 Å². The molecule has 0 aliphatic carbocycles. The largest absolute Gasteiger partial charge is 0.444 e. The molecule has 5 aromatic rings. The summed E-state index contributed by atoms with van der Waals surface area (Å²) in [7, 11) is 2.16. The molecule has 1 amide bonds. The SMILES string of the molecule is CSc1ncc2cc(N3CCN(C(=O)OCc4ccccc4)c4c(C)cccc43)c(=O)n(-c3ccc(CN4CCN(C)CC4)cc3)c2n1. The number of hydrogen-bond donors (Lipinski definition) is 0. The fraction of sp³-hybridized carbons (Fsp3) is 0.297. The number of fused-ring (bicyclic) bond motifs is 2. The van der Waals surface area contributed by atoms with Crippen molar-refractivity contribution in [1.29, 1.82) is 0 Å². The average Bonchev–Trinajstić information content (AvgIpc) is 3.12. The number of carbonyl (C=O) groups is 1. The van der Waals surface area contributed by atoms with Crippen LogP contribution < -0.4 is 15.4 Å². The summed E-state index contributed by atoms with van der Waals surface area (Å²) in [5.41, 5.74) is 6.15. The number of hydrogen-bond acceptors (Lipinski definition) is 9. The van der Waals surface area contributed by atoms with E-state index in [4.69, 9.17) is 9.72 Å². The van der Waals surface area contributed by atoms with E-state index in [9.17, 15) is 9.59 Å². The van der Waals surface area contributed by atoms with Crippen molar-refractivity contribution in [2.75, 3.05) is 62.4 Å². The van der Waals surface area contributed by atoms with Crippen LogP contribution >= 0.6 is 11.8 Å². The first-order valence-corrected chi connectivity index (χ1v) is 17.4. The van der Waals surface area contributed by atoms with Gasteiger partial charge in [-0.3, -0.25) is 19.2 Å². The second-order valence-corrected chi connectivity index (χ2v) is 13.1. The maximum absolute atomic E-state index is 14.6. The summed E-state index contributed by atoms with van der Waals surface area (Å²) in [6, 6.07) is 25.6. The zero-order valence-corrected chi connectivity index (χ0v) is 28.3. The van der Waals surface area contributed by atoms with Gasteiger partial charge in [0.25, 0.3) is 5.56 Å². The zero-order chi connectivity index (χ0) is 33.2. The molecule has 0 bridgehead atoms. The van der Waals surface area contributed by atoms with Crippen molar-refractivity contribution < 1.29 is 9.53 Å². The van der Waals surface area contributed by atoms with Crippen LogP contribution in [0.1, 0.15) is 16.7 Å². The van der Waals surface area contributed by atoms with Crippen LogP contribution in [0.4, 0.5) is 21.9 Å². The summed E-state index contributed by atoms with van der Waals surface area (Å²) in [6.07, 6.45) is 3.29. The third-order valence-electron chi connectivity index (χ3n) is 9.12. The van der Waals surface area contributed by atoms with Crippen molar-refractivity contribution in [1.82, 2.24) is 24.3 Å². The van der Waals surface area contributed by atoms with Gasteiger partial charge in [0.05, 0.1) is 17.1 Å². The van der Waals surface area contributed by atoms with Gasteiger partial charge in [0.2, 0.25) is 0 Å². The van der Waals surface area contributed by atoms with E-state index in [1.54, 1.807) is 15.7 Å². The summed E-state index contributed by atoms with van der Waals surface area (Å²) in [4.78, 5) is 45.9. The van der Waals surface area contributed by atoms with E-state index in [1.807, 2.05) is 84.8 Å². The number of piperazine rings is 1. The number of thioether (sulfide) groups is 1. The zero-order valence-electron chi connectivity index (χ0n) is 27.5. The van der Waals surface area contributed by atoms with Crippen LogP contribution in [0.3, 0.4) is 0 Å². The minimum atomic E-state index is -0.417. The van der Waals surface area contributed by atoms with Gasteiger partial charge in [-0.2, -0.15) is 0 Å². The number of para-hydroxylation sites is 1. The van der Waals surface area contributed by atoms with Gasteiger partial charge >= 0.3 is 6.09 Å². The number of anilines is 3. The van der Waals surface area contributed by atoms with Crippen molar-refractivity contribution in [2.45, 2.75) is 25.2 Å². The van der Waals surface area contributed by atoms with E-state index in [-0.39, 0.29) is 12.2 Å². The minimum absolute atomic E-state index is 0.183. The van der Waals surface area contributed by atoms with E-state index in [0.29, 0.717) is 29.6 Å². The molecule has 10 nitrogen and oxygen atoms in total. The normalized spacial score (nSPS) is 15.5. The third kappa shape index (κ3) is 6.41. The van der Waals surface area contributed by atoms with Crippen LogP contribution in [0.5, 0.6) is 0 Å². The second-order valence-electron chi connectivity index (χ2n) is 12.3. The first kappa shape index (κ1) is 31.9. The lowest BCUT2D eigenvalue weighted by Crippen LogP contribution is -2.44. The van der Waals surface area contributed by atoms with E-state index < -0.39 is 6.09 Å². The highest BCUT2D eigenvalue weighted by Crippen LogP contribution is 2.40. The molecular formula is C37H39N7O3S. The number of carbonyl (C=O) groups excluding carboxylic acids is 1. The molecular weight excluding hydrogens is 623 g/mol. The van der Waals surface area contributed by atoms with Gasteiger partial charge in [-0.1, -0.05) is 66.4 Å². The fourth-order valence-corrected chi connectivity index (χ4v) is 6.82. The predicted octanol–water partition coefficient (Wildman–Crippen LogP) is 5.85. The first-order valence-electron chi connectivity index (χ1n) is 16.2. The Kier molecular flexibility index (Phi) is 9.16. The van der Waals surface area contributed by atoms with Crippen LogP contribution in [-0.2, 0) is 17.9 Å². The van der Waals surface area contributed by atoms with Gasteiger partial charge in [-0.15, -0.1) is 0 Å². The van der Waals surface area contributed by atoms with Gasteiger partial charge in [0, 0.05) is 57.4 Å². The van der Waals surface area contributed by atoms with Crippen molar-refractivity contribution >= 4 is 46.0 Å².